The minimum atomic E-state index is -3.93. The lowest BCUT2D eigenvalue weighted by molar-refractivity contribution is 0.0697. The standard InChI is InChI=1S/C38H32ClN3O5S/c39-30-14-17-34-33(26-30)32(19-24-47-31-15-12-29(13-16-31)37(43)44)35(18-21-38(20-7-23-41-38)48(45,46)25-22-40)42(34)36(27-8-3-1-4-9-27)28-10-5-2-6-11-28/h1-17,20,23,26,36H,18-19,21,24-25H2,(H,43,44). The van der Waals surface area contributed by atoms with Crippen LogP contribution in [0, 0.1) is 11.3 Å². The highest BCUT2D eigenvalue weighted by Gasteiger charge is 2.42. The van der Waals surface area contributed by atoms with Crippen LogP contribution in [-0.2, 0) is 22.7 Å². The van der Waals surface area contributed by atoms with E-state index in [9.17, 15) is 23.6 Å². The monoisotopic (exact) mass is 677 g/mol. The fourth-order valence-electron chi connectivity index (χ4n) is 6.38. The van der Waals surface area contributed by atoms with Gasteiger partial charge in [-0.1, -0.05) is 72.3 Å². The van der Waals surface area contributed by atoms with Gasteiger partial charge in [0, 0.05) is 34.3 Å². The number of allylic oxidation sites excluding steroid dienone is 1. The summed E-state index contributed by atoms with van der Waals surface area (Å²) in [7, 11) is -3.93. The molecule has 1 aromatic heterocycles. The Morgan fingerprint density at radius 1 is 0.958 bits per heavy atom. The summed E-state index contributed by atoms with van der Waals surface area (Å²) in [4.78, 5) is 14.2. The number of ether oxygens (including phenoxy) is 1. The smallest absolute Gasteiger partial charge is 0.335 e. The molecule has 0 aliphatic carbocycles. The largest absolute Gasteiger partial charge is 0.493 e. The van der Waals surface area contributed by atoms with Crippen molar-refractivity contribution in [2.24, 2.45) is 4.99 Å². The highest BCUT2D eigenvalue weighted by atomic mass is 35.5. The Morgan fingerprint density at radius 2 is 1.62 bits per heavy atom. The number of rotatable bonds is 13. The number of halogens is 1. The number of aliphatic imine (C=N–C) groups is 1. The Morgan fingerprint density at radius 3 is 2.21 bits per heavy atom. The van der Waals surface area contributed by atoms with Crippen LogP contribution in [0.5, 0.6) is 5.75 Å². The van der Waals surface area contributed by atoms with E-state index in [-0.39, 0.29) is 24.6 Å². The number of carbonyl (C=O) groups is 1. The number of sulfone groups is 1. The van der Waals surface area contributed by atoms with Crippen LogP contribution in [0.1, 0.15) is 45.2 Å². The van der Waals surface area contributed by atoms with Crippen LogP contribution < -0.4 is 4.74 Å². The number of benzene rings is 4. The van der Waals surface area contributed by atoms with Gasteiger partial charge in [0.1, 0.15) is 11.5 Å². The number of carboxylic acids is 1. The van der Waals surface area contributed by atoms with Crippen molar-refractivity contribution in [3.8, 4) is 11.8 Å². The summed E-state index contributed by atoms with van der Waals surface area (Å²) in [5.74, 6) is -1.13. The van der Waals surface area contributed by atoms with Crippen molar-refractivity contribution in [3.63, 3.8) is 0 Å². The van der Waals surface area contributed by atoms with Gasteiger partial charge in [-0.25, -0.2) is 13.2 Å². The molecule has 6 rings (SSSR count). The molecule has 0 radical (unpaired) electrons. The average Bonchev–Trinajstić information content (AvgIpc) is 3.69. The quantitative estimate of drug-likeness (QED) is 0.138. The van der Waals surface area contributed by atoms with E-state index in [1.807, 2.05) is 60.7 Å². The zero-order chi connectivity index (χ0) is 33.7. The maximum Gasteiger partial charge on any atom is 0.335 e. The summed E-state index contributed by atoms with van der Waals surface area (Å²) in [5.41, 5.74) is 5.03. The Bertz CT molecular complexity index is 2100. The Labute approximate surface area is 284 Å². The maximum atomic E-state index is 13.5. The number of carboxylic acid groups (broad SMARTS) is 1. The van der Waals surface area contributed by atoms with Crippen LogP contribution in [0.25, 0.3) is 10.9 Å². The van der Waals surface area contributed by atoms with Gasteiger partial charge >= 0.3 is 5.97 Å². The molecule has 0 saturated heterocycles. The Kier molecular flexibility index (Phi) is 9.49. The summed E-state index contributed by atoms with van der Waals surface area (Å²) in [6.45, 7) is 0.266. The number of hydrogen-bond acceptors (Lipinski definition) is 6. The zero-order valence-corrected chi connectivity index (χ0v) is 27.4. The molecule has 1 atom stereocenters. The highest BCUT2D eigenvalue weighted by Crippen LogP contribution is 2.40. The molecule has 1 aliphatic heterocycles. The fourth-order valence-corrected chi connectivity index (χ4v) is 7.89. The molecule has 0 spiro atoms. The molecular weight excluding hydrogens is 646 g/mol. The Hall–Kier alpha value is -5.17. The molecule has 2 heterocycles. The predicted molar refractivity (Wildman–Crippen MR) is 188 cm³/mol. The normalized spacial score (nSPS) is 15.6. The van der Waals surface area contributed by atoms with Gasteiger partial charge in [-0.15, -0.1) is 0 Å². The summed E-state index contributed by atoms with van der Waals surface area (Å²) in [6.07, 6.45) is 5.55. The number of fused-ring (bicyclic) bond motifs is 1. The molecule has 0 saturated carbocycles. The van der Waals surface area contributed by atoms with E-state index in [0.29, 0.717) is 23.6 Å². The molecule has 10 heteroatoms. The third kappa shape index (κ3) is 6.50. The molecule has 4 aromatic carbocycles. The number of nitrogens with zero attached hydrogens (tertiary/aromatic N) is 3. The van der Waals surface area contributed by atoms with Crippen LogP contribution in [-0.4, -0.2) is 47.5 Å². The van der Waals surface area contributed by atoms with Crippen molar-refractivity contribution >= 4 is 44.5 Å². The number of hydrogen-bond donors (Lipinski definition) is 1. The molecule has 242 valence electrons. The molecule has 5 aromatic rings. The lowest BCUT2D eigenvalue weighted by Crippen LogP contribution is -2.36. The highest BCUT2D eigenvalue weighted by molar-refractivity contribution is 7.93. The summed E-state index contributed by atoms with van der Waals surface area (Å²) >= 11 is 6.61. The number of nitriles is 1. The van der Waals surface area contributed by atoms with Gasteiger partial charge in [-0.3, -0.25) is 4.99 Å². The second-order valence-electron chi connectivity index (χ2n) is 11.5. The first kappa shape index (κ1) is 32.8. The van der Waals surface area contributed by atoms with Crippen molar-refractivity contribution in [3.05, 3.63) is 148 Å². The maximum absolute atomic E-state index is 13.5. The molecule has 0 fully saturated rings. The summed E-state index contributed by atoms with van der Waals surface area (Å²) < 4.78 is 35.3. The van der Waals surface area contributed by atoms with E-state index in [1.54, 1.807) is 24.3 Å². The molecule has 8 nitrogen and oxygen atoms in total. The summed E-state index contributed by atoms with van der Waals surface area (Å²) in [6, 6.07) is 33.8. The third-order valence-electron chi connectivity index (χ3n) is 8.64. The SMILES string of the molecule is N#CCS(=O)(=O)C1(CCc2c(CCOc3ccc(C(=O)O)cc3)c3cc(Cl)ccc3n2C(c2ccccc2)c2ccccc2)C=CC=N1. The van der Waals surface area contributed by atoms with E-state index in [4.69, 9.17) is 16.3 Å². The van der Waals surface area contributed by atoms with E-state index in [2.05, 4.69) is 33.8 Å². The van der Waals surface area contributed by atoms with Crippen molar-refractivity contribution in [2.45, 2.75) is 30.2 Å². The Balaban J connectivity index is 1.50. The molecule has 1 N–H and O–H groups in total. The van der Waals surface area contributed by atoms with Crippen molar-refractivity contribution < 1.29 is 23.1 Å². The first-order valence-corrected chi connectivity index (χ1v) is 17.5. The summed E-state index contributed by atoms with van der Waals surface area (Å²) in [5, 5.41) is 20.1. The van der Waals surface area contributed by atoms with Gasteiger partial charge in [0.2, 0.25) is 0 Å². The first-order valence-electron chi connectivity index (χ1n) is 15.4. The topological polar surface area (TPSA) is 122 Å². The van der Waals surface area contributed by atoms with E-state index < -0.39 is 26.4 Å². The number of aromatic nitrogens is 1. The molecular formula is C38H32ClN3O5S. The molecule has 0 amide bonds. The first-order chi connectivity index (χ1) is 23.2. The van der Waals surface area contributed by atoms with Crippen LogP contribution in [0.3, 0.4) is 0 Å². The minimum Gasteiger partial charge on any atom is -0.493 e. The lowest BCUT2D eigenvalue weighted by Gasteiger charge is -2.27. The van der Waals surface area contributed by atoms with E-state index in [1.165, 1.54) is 18.3 Å². The van der Waals surface area contributed by atoms with E-state index in [0.717, 1.165) is 33.3 Å². The van der Waals surface area contributed by atoms with Crippen LogP contribution >= 0.6 is 11.6 Å². The minimum absolute atomic E-state index is 0.120. The number of aromatic carboxylic acids is 1. The van der Waals surface area contributed by atoms with Gasteiger partial charge in [-0.2, -0.15) is 5.26 Å². The average molecular weight is 678 g/mol. The van der Waals surface area contributed by atoms with Crippen molar-refractivity contribution in [1.82, 2.24) is 4.57 Å². The fraction of sp³-hybridized carbons (Fsp3) is 0.184. The molecule has 1 unspecified atom stereocenters. The van der Waals surface area contributed by atoms with Crippen LogP contribution in [0.2, 0.25) is 5.02 Å². The van der Waals surface area contributed by atoms with Crippen LogP contribution in [0.15, 0.2) is 120 Å². The molecule has 48 heavy (non-hydrogen) atoms. The van der Waals surface area contributed by atoms with Crippen molar-refractivity contribution in [1.29, 1.82) is 5.26 Å². The van der Waals surface area contributed by atoms with Crippen molar-refractivity contribution in [2.75, 3.05) is 12.4 Å². The molecule has 1 aliphatic rings. The third-order valence-corrected chi connectivity index (χ3v) is 10.9. The lowest BCUT2D eigenvalue weighted by atomic mass is 9.97. The van der Waals surface area contributed by atoms with Gasteiger partial charge in [0.15, 0.2) is 14.7 Å². The van der Waals surface area contributed by atoms with Crippen LogP contribution in [0.4, 0.5) is 0 Å². The van der Waals surface area contributed by atoms with Gasteiger partial charge in [0.25, 0.3) is 0 Å². The zero-order valence-electron chi connectivity index (χ0n) is 25.9. The van der Waals surface area contributed by atoms with E-state index >= 15 is 0 Å². The predicted octanol–water partition coefficient (Wildman–Crippen LogP) is 7.46. The molecule has 0 bridgehead atoms. The van der Waals surface area contributed by atoms with Gasteiger partial charge in [-0.05, 0) is 84.1 Å². The second kappa shape index (κ2) is 13.9. The van der Waals surface area contributed by atoms with Gasteiger partial charge in [0.05, 0.1) is 24.3 Å². The van der Waals surface area contributed by atoms with Gasteiger partial charge < -0.3 is 14.4 Å². The second-order valence-corrected chi connectivity index (χ2v) is 14.2.